The first kappa shape index (κ1) is 24.9. The molecule has 2 unspecified atom stereocenters. The van der Waals surface area contributed by atoms with Gasteiger partial charge in [0.05, 0.1) is 13.1 Å². The van der Waals surface area contributed by atoms with E-state index in [0.29, 0.717) is 0 Å². The molecule has 1 N–H and O–H groups in total. The van der Waals surface area contributed by atoms with E-state index in [9.17, 15) is 4.79 Å². The van der Waals surface area contributed by atoms with Crippen LogP contribution in [-0.2, 0) is 4.79 Å². The van der Waals surface area contributed by atoms with Crippen LogP contribution in [0.3, 0.4) is 0 Å². The standard InChI is InChI=1S/C24H45N3O/c1-5-7-8-9-10-11-12-13-14-15-16-17-18-19-24-25-20-21-27(24,6-2)22(3)26-23(4)28/h7-8,22H,5-6,9-21H2,1-4H3/p+1/b8-7+. The van der Waals surface area contributed by atoms with Gasteiger partial charge in [0.1, 0.15) is 6.54 Å². The summed E-state index contributed by atoms with van der Waals surface area (Å²) in [6.45, 7) is 11.1. The molecule has 0 fully saturated rings. The number of amidine groups is 1. The highest BCUT2D eigenvalue weighted by Crippen LogP contribution is 2.23. The Morgan fingerprint density at radius 2 is 1.64 bits per heavy atom. The van der Waals surface area contributed by atoms with Crippen LogP contribution in [0.4, 0.5) is 0 Å². The van der Waals surface area contributed by atoms with E-state index in [1.54, 1.807) is 6.92 Å². The average Bonchev–Trinajstić information content (AvgIpc) is 3.09. The number of hydrogen-bond acceptors (Lipinski definition) is 2. The van der Waals surface area contributed by atoms with Gasteiger partial charge in [-0.2, -0.15) is 0 Å². The average molecular weight is 393 g/mol. The molecular formula is C24H46N3O+. The molecule has 0 bridgehead atoms. The van der Waals surface area contributed by atoms with Crippen LogP contribution in [0.2, 0.25) is 0 Å². The molecule has 1 heterocycles. The monoisotopic (exact) mass is 392 g/mol. The summed E-state index contributed by atoms with van der Waals surface area (Å²) >= 11 is 0. The van der Waals surface area contributed by atoms with Gasteiger partial charge in [0, 0.05) is 20.3 Å². The number of aliphatic imine (C=N–C) groups is 1. The first-order chi connectivity index (χ1) is 13.6. The first-order valence-corrected chi connectivity index (χ1v) is 11.9. The Morgan fingerprint density at radius 1 is 1.04 bits per heavy atom. The van der Waals surface area contributed by atoms with Crippen molar-refractivity contribution in [1.29, 1.82) is 0 Å². The highest BCUT2D eigenvalue weighted by molar-refractivity contribution is 5.78. The summed E-state index contributed by atoms with van der Waals surface area (Å²) in [5.74, 6) is 1.36. The molecule has 1 aliphatic rings. The van der Waals surface area contributed by atoms with Crippen LogP contribution in [0.15, 0.2) is 17.1 Å². The molecule has 0 aromatic heterocycles. The van der Waals surface area contributed by atoms with Crippen LogP contribution in [0.1, 0.15) is 105 Å². The van der Waals surface area contributed by atoms with Crippen molar-refractivity contribution in [3.8, 4) is 0 Å². The van der Waals surface area contributed by atoms with Crippen LogP contribution in [-0.4, -0.2) is 42.0 Å². The van der Waals surface area contributed by atoms with Crippen molar-refractivity contribution >= 4 is 11.7 Å². The summed E-state index contributed by atoms with van der Waals surface area (Å²) in [7, 11) is 0. The van der Waals surface area contributed by atoms with Gasteiger partial charge in [0.25, 0.3) is 0 Å². The predicted molar refractivity (Wildman–Crippen MR) is 121 cm³/mol. The van der Waals surface area contributed by atoms with Crippen molar-refractivity contribution in [2.75, 3.05) is 19.6 Å². The Bertz CT molecular complexity index is 486. The first-order valence-electron chi connectivity index (χ1n) is 11.9. The molecule has 4 heteroatoms. The second-order valence-electron chi connectivity index (χ2n) is 8.35. The maximum Gasteiger partial charge on any atom is 0.221 e. The number of nitrogens with zero attached hydrogens (tertiary/aromatic N) is 2. The van der Waals surface area contributed by atoms with Crippen molar-refractivity contribution in [2.45, 2.75) is 111 Å². The number of hydrogen-bond donors (Lipinski definition) is 1. The Labute approximate surface area is 174 Å². The molecule has 28 heavy (non-hydrogen) atoms. The molecule has 0 radical (unpaired) electrons. The van der Waals surface area contributed by atoms with Gasteiger partial charge in [-0.15, -0.1) is 0 Å². The second-order valence-corrected chi connectivity index (χ2v) is 8.35. The van der Waals surface area contributed by atoms with Gasteiger partial charge in [0.2, 0.25) is 5.91 Å². The van der Waals surface area contributed by atoms with Crippen molar-refractivity contribution in [1.82, 2.24) is 5.32 Å². The van der Waals surface area contributed by atoms with Crippen LogP contribution in [0.25, 0.3) is 0 Å². The number of nitrogens with one attached hydrogen (secondary N) is 1. The minimum absolute atomic E-state index is 0.0575. The third-order valence-corrected chi connectivity index (χ3v) is 6.20. The van der Waals surface area contributed by atoms with E-state index in [1.165, 1.54) is 76.5 Å². The third kappa shape index (κ3) is 8.89. The molecule has 0 saturated carbocycles. The highest BCUT2D eigenvalue weighted by Gasteiger charge is 2.41. The van der Waals surface area contributed by atoms with Crippen LogP contribution < -0.4 is 5.32 Å². The van der Waals surface area contributed by atoms with Crippen molar-refractivity contribution in [3.63, 3.8) is 0 Å². The van der Waals surface area contributed by atoms with Crippen LogP contribution in [0, 0.1) is 0 Å². The molecule has 1 rings (SSSR count). The zero-order chi connectivity index (χ0) is 20.7. The van der Waals surface area contributed by atoms with E-state index < -0.39 is 0 Å². The number of carbonyl (C=O) groups is 1. The molecule has 2 atom stereocenters. The minimum Gasteiger partial charge on any atom is -0.307 e. The van der Waals surface area contributed by atoms with Gasteiger partial charge in [0.15, 0.2) is 12.0 Å². The Balaban J connectivity index is 2.12. The number of quaternary nitrogens is 1. The zero-order valence-electron chi connectivity index (χ0n) is 19.1. The second kappa shape index (κ2) is 14.8. The lowest BCUT2D eigenvalue weighted by atomic mass is 10.0. The van der Waals surface area contributed by atoms with Gasteiger partial charge < -0.3 is 5.32 Å². The maximum absolute atomic E-state index is 11.5. The van der Waals surface area contributed by atoms with Gasteiger partial charge in [-0.1, -0.05) is 64.0 Å². The fourth-order valence-corrected chi connectivity index (χ4v) is 4.45. The van der Waals surface area contributed by atoms with E-state index in [-0.39, 0.29) is 12.1 Å². The molecule has 0 saturated heterocycles. The van der Waals surface area contributed by atoms with Crippen molar-refractivity contribution in [3.05, 3.63) is 12.2 Å². The summed E-state index contributed by atoms with van der Waals surface area (Å²) in [6.07, 6.45) is 20.4. The van der Waals surface area contributed by atoms with Gasteiger partial charge in [-0.05, 0) is 32.6 Å². The Morgan fingerprint density at radius 3 is 2.21 bits per heavy atom. The molecule has 0 aromatic rings. The van der Waals surface area contributed by atoms with Gasteiger partial charge >= 0.3 is 0 Å². The summed E-state index contributed by atoms with van der Waals surface area (Å²) in [4.78, 5) is 16.3. The van der Waals surface area contributed by atoms with Crippen LogP contribution >= 0.6 is 0 Å². The third-order valence-electron chi connectivity index (χ3n) is 6.20. The molecule has 1 aliphatic heterocycles. The fourth-order valence-electron chi connectivity index (χ4n) is 4.45. The molecule has 0 spiro atoms. The number of carbonyl (C=O) groups excluding carboxylic acids is 1. The number of likely N-dealkylation sites (N-methyl/N-ethyl adjacent to an activating group) is 1. The quantitative estimate of drug-likeness (QED) is 0.196. The van der Waals surface area contributed by atoms with Gasteiger partial charge in [-0.25, -0.2) is 4.99 Å². The molecule has 162 valence electrons. The number of rotatable bonds is 16. The molecular weight excluding hydrogens is 346 g/mol. The number of allylic oxidation sites excluding steroid dienone is 2. The van der Waals surface area contributed by atoms with Crippen molar-refractivity contribution < 1.29 is 9.28 Å². The lowest BCUT2D eigenvalue weighted by Crippen LogP contribution is -2.62. The summed E-state index contributed by atoms with van der Waals surface area (Å²) in [6, 6.07) is 0. The highest BCUT2D eigenvalue weighted by atomic mass is 16.1. The smallest absolute Gasteiger partial charge is 0.221 e. The number of amides is 1. The summed E-state index contributed by atoms with van der Waals surface area (Å²) < 4.78 is 0.854. The van der Waals surface area contributed by atoms with E-state index in [1.807, 2.05) is 0 Å². The maximum atomic E-state index is 11.5. The molecule has 0 aliphatic carbocycles. The molecule has 0 aromatic carbocycles. The fraction of sp³-hybridized carbons (Fsp3) is 0.833. The Hall–Kier alpha value is -1.16. The number of unbranched alkanes of at least 4 members (excludes halogenated alkanes) is 9. The zero-order valence-corrected chi connectivity index (χ0v) is 19.1. The topological polar surface area (TPSA) is 41.5 Å². The van der Waals surface area contributed by atoms with E-state index in [0.717, 1.165) is 30.5 Å². The normalized spacial score (nSPS) is 20.5. The van der Waals surface area contributed by atoms with E-state index in [2.05, 4.69) is 38.2 Å². The predicted octanol–water partition coefficient (Wildman–Crippen LogP) is 5.97. The SMILES string of the molecule is CC/C=C/CCCCCCCCCCCC1=NCC[N+]1(CC)C(C)NC(C)=O. The lowest BCUT2D eigenvalue weighted by Gasteiger charge is -2.39. The van der Waals surface area contributed by atoms with E-state index in [4.69, 9.17) is 4.99 Å². The summed E-state index contributed by atoms with van der Waals surface area (Å²) in [5, 5.41) is 3.10. The molecule has 4 nitrogen and oxygen atoms in total. The summed E-state index contributed by atoms with van der Waals surface area (Å²) in [5.41, 5.74) is 0. The Kier molecular flexibility index (Phi) is 13.1. The minimum atomic E-state index is 0.0575. The van der Waals surface area contributed by atoms with Gasteiger partial charge in [-0.3, -0.25) is 9.28 Å². The lowest BCUT2D eigenvalue weighted by molar-refractivity contribution is -0.861. The van der Waals surface area contributed by atoms with E-state index >= 15 is 0 Å². The van der Waals surface area contributed by atoms with Crippen LogP contribution in [0.5, 0.6) is 0 Å². The van der Waals surface area contributed by atoms with Crippen molar-refractivity contribution in [2.24, 2.45) is 4.99 Å². The largest absolute Gasteiger partial charge is 0.307 e. The molecule has 1 amide bonds.